The number of benzene rings is 3. The molecule has 1 heterocycles. The van der Waals surface area contributed by atoms with Crippen molar-refractivity contribution in [2.75, 3.05) is 35.0 Å². The Kier molecular flexibility index (Phi) is 6.79. The maximum absolute atomic E-state index is 13.8. The number of carbonyl (C=O) groups is 1. The number of hydrogen-bond acceptors (Lipinski definition) is 5. The van der Waals surface area contributed by atoms with Gasteiger partial charge in [0.2, 0.25) is 0 Å². The average Bonchev–Trinajstić information content (AvgIpc) is 2.86. The molecule has 0 N–H and O–H groups in total. The summed E-state index contributed by atoms with van der Waals surface area (Å²) in [5, 5.41) is 0. The summed E-state index contributed by atoms with van der Waals surface area (Å²) >= 11 is 3.51. The highest BCUT2D eigenvalue weighted by Gasteiger charge is 2.34. The summed E-state index contributed by atoms with van der Waals surface area (Å²) in [7, 11) is 6.39. The number of hydrogen-bond donors (Lipinski definition) is 0. The van der Waals surface area contributed by atoms with E-state index in [4.69, 9.17) is 18.9 Å². The SMILES string of the molecule is COc1ccc(C(=O)N2CCc3cc(OC)c(OC)cc3C2c2ccc(Br)cc2)cc1OC. The maximum atomic E-state index is 13.8. The molecule has 1 unspecified atom stereocenters. The van der Waals surface area contributed by atoms with Gasteiger partial charge in [0, 0.05) is 16.6 Å². The Morgan fingerprint density at radius 1 is 0.818 bits per heavy atom. The summed E-state index contributed by atoms with van der Waals surface area (Å²) in [6.07, 6.45) is 0.710. The zero-order chi connectivity index (χ0) is 23.5. The van der Waals surface area contributed by atoms with Crippen LogP contribution in [0, 0.1) is 0 Å². The minimum absolute atomic E-state index is 0.0793. The minimum Gasteiger partial charge on any atom is -0.493 e. The van der Waals surface area contributed by atoms with Crippen LogP contribution in [0.2, 0.25) is 0 Å². The second-order valence-corrected chi connectivity index (χ2v) is 8.59. The lowest BCUT2D eigenvalue weighted by atomic mass is 9.87. The Balaban J connectivity index is 1.82. The quantitative estimate of drug-likeness (QED) is 0.451. The van der Waals surface area contributed by atoms with Crippen molar-refractivity contribution in [1.29, 1.82) is 0 Å². The van der Waals surface area contributed by atoms with Gasteiger partial charge in [-0.1, -0.05) is 28.1 Å². The van der Waals surface area contributed by atoms with E-state index in [0.29, 0.717) is 41.5 Å². The molecular formula is C26H26BrNO5. The second-order valence-electron chi connectivity index (χ2n) is 7.68. The zero-order valence-electron chi connectivity index (χ0n) is 19.1. The number of rotatable bonds is 6. The van der Waals surface area contributed by atoms with Crippen molar-refractivity contribution in [2.45, 2.75) is 12.5 Å². The molecule has 0 radical (unpaired) electrons. The van der Waals surface area contributed by atoms with Crippen LogP contribution in [0.15, 0.2) is 59.1 Å². The summed E-state index contributed by atoms with van der Waals surface area (Å²) in [6.45, 7) is 0.566. The van der Waals surface area contributed by atoms with Gasteiger partial charge in [-0.05, 0) is 65.6 Å². The van der Waals surface area contributed by atoms with Gasteiger partial charge in [0.05, 0.1) is 34.5 Å². The van der Waals surface area contributed by atoms with Gasteiger partial charge in [-0.15, -0.1) is 0 Å². The van der Waals surface area contributed by atoms with Gasteiger partial charge in [0.1, 0.15) is 0 Å². The Morgan fingerprint density at radius 3 is 2.06 bits per heavy atom. The normalized spacial score (nSPS) is 14.9. The number of nitrogens with zero attached hydrogens (tertiary/aromatic N) is 1. The highest BCUT2D eigenvalue weighted by molar-refractivity contribution is 9.10. The predicted molar refractivity (Wildman–Crippen MR) is 130 cm³/mol. The highest BCUT2D eigenvalue weighted by atomic mass is 79.9. The van der Waals surface area contributed by atoms with E-state index >= 15 is 0 Å². The van der Waals surface area contributed by atoms with Crippen LogP contribution < -0.4 is 18.9 Å². The third-order valence-corrected chi connectivity index (χ3v) is 6.48. The van der Waals surface area contributed by atoms with Gasteiger partial charge in [-0.3, -0.25) is 4.79 Å². The van der Waals surface area contributed by atoms with Gasteiger partial charge in [0.15, 0.2) is 23.0 Å². The van der Waals surface area contributed by atoms with E-state index in [-0.39, 0.29) is 11.9 Å². The summed E-state index contributed by atoms with van der Waals surface area (Å²) in [5.41, 5.74) is 3.71. The molecule has 0 fully saturated rings. The van der Waals surface area contributed by atoms with Crippen molar-refractivity contribution in [1.82, 2.24) is 4.90 Å². The molecule has 3 aromatic rings. The van der Waals surface area contributed by atoms with E-state index in [9.17, 15) is 4.79 Å². The zero-order valence-corrected chi connectivity index (χ0v) is 20.6. The molecule has 1 atom stereocenters. The molecule has 0 aromatic heterocycles. The number of methoxy groups -OCH3 is 4. The largest absolute Gasteiger partial charge is 0.493 e. The standard InChI is InChI=1S/C26H26BrNO5/c1-30-21-10-7-18(14-22(21)31-2)26(29)28-12-11-17-13-23(32-3)24(33-4)15-20(17)25(28)16-5-8-19(27)9-6-16/h5-10,13-15,25H,11-12H2,1-4H3. The van der Waals surface area contributed by atoms with E-state index in [1.54, 1.807) is 46.6 Å². The summed E-state index contributed by atoms with van der Waals surface area (Å²) in [6, 6.07) is 17.0. The Hall–Kier alpha value is -3.19. The van der Waals surface area contributed by atoms with Crippen LogP contribution in [0.25, 0.3) is 0 Å². The predicted octanol–water partition coefficient (Wildman–Crippen LogP) is 5.27. The molecule has 33 heavy (non-hydrogen) atoms. The summed E-state index contributed by atoms with van der Waals surface area (Å²) in [5.74, 6) is 2.35. The van der Waals surface area contributed by atoms with Crippen molar-refractivity contribution < 1.29 is 23.7 Å². The smallest absolute Gasteiger partial charge is 0.254 e. The first-order valence-electron chi connectivity index (χ1n) is 10.5. The lowest BCUT2D eigenvalue weighted by molar-refractivity contribution is 0.0693. The first-order valence-corrected chi connectivity index (χ1v) is 11.3. The Labute approximate surface area is 202 Å². The molecule has 172 valence electrons. The molecule has 7 heteroatoms. The number of fused-ring (bicyclic) bond motifs is 1. The molecule has 3 aromatic carbocycles. The van der Waals surface area contributed by atoms with E-state index in [2.05, 4.69) is 15.9 Å². The number of halogens is 1. The fourth-order valence-corrected chi connectivity index (χ4v) is 4.57. The van der Waals surface area contributed by atoms with Crippen molar-refractivity contribution in [3.8, 4) is 23.0 Å². The third kappa shape index (κ3) is 4.37. The highest BCUT2D eigenvalue weighted by Crippen LogP contribution is 2.42. The molecule has 0 spiro atoms. The maximum Gasteiger partial charge on any atom is 0.254 e. The van der Waals surface area contributed by atoms with Crippen LogP contribution >= 0.6 is 15.9 Å². The summed E-state index contributed by atoms with van der Waals surface area (Å²) in [4.78, 5) is 15.7. The van der Waals surface area contributed by atoms with Crippen LogP contribution in [0.3, 0.4) is 0 Å². The van der Waals surface area contributed by atoms with E-state index in [0.717, 1.165) is 21.2 Å². The van der Waals surface area contributed by atoms with Crippen molar-refractivity contribution in [3.63, 3.8) is 0 Å². The van der Waals surface area contributed by atoms with Crippen LogP contribution in [-0.4, -0.2) is 45.8 Å². The second kappa shape index (κ2) is 9.75. The topological polar surface area (TPSA) is 57.2 Å². The molecule has 4 rings (SSSR count). The van der Waals surface area contributed by atoms with Gasteiger partial charge in [-0.25, -0.2) is 0 Å². The molecular weight excluding hydrogens is 486 g/mol. The molecule has 0 bridgehead atoms. The minimum atomic E-state index is -0.276. The van der Waals surface area contributed by atoms with Gasteiger partial charge >= 0.3 is 0 Å². The molecule has 1 aliphatic rings. The molecule has 1 aliphatic heterocycles. The van der Waals surface area contributed by atoms with E-state index < -0.39 is 0 Å². The number of ether oxygens (including phenoxy) is 4. The van der Waals surface area contributed by atoms with Gasteiger partial charge in [-0.2, -0.15) is 0 Å². The average molecular weight is 512 g/mol. The van der Waals surface area contributed by atoms with Gasteiger partial charge in [0.25, 0.3) is 5.91 Å². The monoisotopic (exact) mass is 511 g/mol. The molecule has 6 nitrogen and oxygen atoms in total. The fourth-order valence-electron chi connectivity index (χ4n) is 4.30. The fraction of sp³-hybridized carbons (Fsp3) is 0.269. The van der Waals surface area contributed by atoms with Crippen molar-refractivity contribution >= 4 is 21.8 Å². The molecule has 0 aliphatic carbocycles. The molecule has 0 saturated carbocycles. The number of carbonyl (C=O) groups excluding carboxylic acids is 1. The van der Waals surface area contributed by atoms with E-state index in [1.165, 1.54) is 0 Å². The van der Waals surface area contributed by atoms with Crippen LogP contribution in [-0.2, 0) is 6.42 Å². The van der Waals surface area contributed by atoms with Crippen LogP contribution in [0.1, 0.15) is 33.1 Å². The third-order valence-electron chi connectivity index (χ3n) is 5.95. The van der Waals surface area contributed by atoms with Gasteiger partial charge < -0.3 is 23.8 Å². The number of amides is 1. The lowest BCUT2D eigenvalue weighted by Gasteiger charge is -2.38. The lowest BCUT2D eigenvalue weighted by Crippen LogP contribution is -2.40. The van der Waals surface area contributed by atoms with Crippen molar-refractivity contribution in [2.24, 2.45) is 0 Å². The Bertz CT molecular complexity index is 1160. The first kappa shape index (κ1) is 23.0. The van der Waals surface area contributed by atoms with E-state index in [1.807, 2.05) is 41.3 Å². The molecule has 1 amide bonds. The first-order chi connectivity index (χ1) is 16.0. The van der Waals surface area contributed by atoms with Crippen LogP contribution in [0.5, 0.6) is 23.0 Å². The summed E-state index contributed by atoms with van der Waals surface area (Å²) < 4.78 is 22.8. The molecule has 0 saturated heterocycles. The van der Waals surface area contributed by atoms with Crippen molar-refractivity contribution in [3.05, 3.63) is 81.3 Å². The van der Waals surface area contributed by atoms with Crippen LogP contribution in [0.4, 0.5) is 0 Å². The Morgan fingerprint density at radius 2 is 1.42 bits per heavy atom.